The number of esters is 1. The molecular formula is C109H127N21O9S. The van der Waals surface area contributed by atoms with Crippen molar-refractivity contribution in [2.45, 2.75) is 117 Å². The van der Waals surface area contributed by atoms with Crippen molar-refractivity contribution in [2.75, 3.05) is 159 Å². The number of anilines is 4. The summed E-state index contributed by atoms with van der Waals surface area (Å²) in [6.45, 7) is 28.5. The fourth-order valence-electron chi connectivity index (χ4n) is 18.7. The zero-order chi connectivity index (χ0) is 97.6. The first-order valence-electron chi connectivity index (χ1n) is 48.4. The number of thiazole rings is 1. The molecule has 4 aliphatic rings. The molecule has 0 spiro atoms. The second kappa shape index (κ2) is 46.9. The van der Waals surface area contributed by atoms with Crippen LogP contribution in [0.4, 0.5) is 22.7 Å². The van der Waals surface area contributed by atoms with Crippen LogP contribution in [-0.2, 0) is 42.4 Å². The number of hydrogen-bond acceptors (Lipinski definition) is 25. The van der Waals surface area contributed by atoms with Crippen LogP contribution in [0.25, 0.3) is 60.7 Å². The number of hydrogen-bond donors (Lipinski definition) is 3. The summed E-state index contributed by atoms with van der Waals surface area (Å²) in [7, 11) is 4.69. The van der Waals surface area contributed by atoms with Crippen LogP contribution in [0.15, 0.2) is 249 Å². The van der Waals surface area contributed by atoms with Crippen LogP contribution >= 0.6 is 11.3 Å². The molecule has 4 fully saturated rings. The highest BCUT2D eigenvalue weighted by Crippen LogP contribution is 2.41. The zero-order valence-corrected chi connectivity index (χ0v) is 82.3. The van der Waals surface area contributed by atoms with Crippen molar-refractivity contribution in [3.63, 3.8) is 0 Å². The predicted octanol–water partition coefficient (Wildman–Crippen LogP) is 16.6. The number of aliphatic carboxylic acids is 1. The third kappa shape index (κ3) is 25.3. The summed E-state index contributed by atoms with van der Waals surface area (Å²) in [6, 6.07) is 66.9. The van der Waals surface area contributed by atoms with E-state index in [4.69, 9.17) is 50.3 Å². The van der Waals surface area contributed by atoms with Gasteiger partial charge < -0.3 is 54.7 Å². The maximum absolute atomic E-state index is 13.0. The number of nitrogens with zero attached hydrogens (tertiary/aromatic N) is 19. The first kappa shape index (κ1) is 98.8. The normalized spacial score (nSPS) is 15.4. The van der Waals surface area contributed by atoms with Gasteiger partial charge in [0.2, 0.25) is 11.8 Å². The van der Waals surface area contributed by atoms with Crippen molar-refractivity contribution in [2.24, 2.45) is 5.73 Å². The summed E-state index contributed by atoms with van der Waals surface area (Å²) in [5.41, 5.74) is 23.5. The van der Waals surface area contributed by atoms with Crippen molar-refractivity contribution in [3.8, 4) is 34.3 Å². The van der Waals surface area contributed by atoms with Gasteiger partial charge in [-0.15, -0.1) is 11.3 Å². The van der Waals surface area contributed by atoms with E-state index in [2.05, 4.69) is 184 Å². The van der Waals surface area contributed by atoms with Gasteiger partial charge in [-0.2, -0.15) is 15.3 Å². The summed E-state index contributed by atoms with van der Waals surface area (Å²) in [6.07, 6.45) is 17.8. The van der Waals surface area contributed by atoms with Gasteiger partial charge in [-0.1, -0.05) is 113 Å². The Morgan fingerprint density at radius 3 is 1.44 bits per heavy atom. The molecule has 12 heterocycles. The Morgan fingerprint density at radius 1 is 0.471 bits per heavy atom. The Labute approximate surface area is 822 Å². The molecular weight excluding hydrogens is 1780 g/mol. The van der Waals surface area contributed by atoms with Crippen molar-refractivity contribution >= 4 is 101 Å². The van der Waals surface area contributed by atoms with E-state index in [1.165, 1.54) is 29.3 Å². The van der Waals surface area contributed by atoms with Crippen molar-refractivity contribution in [1.82, 2.24) is 79.2 Å². The topological polar surface area (TPSA) is 307 Å². The molecule has 728 valence electrons. The van der Waals surface area contributed by atoms with Gasteiger partial charge in [0, 0.05) is 212 Å². The standard InChI is InChI=1S/C30H34N6O4.C28H33N5.C26H27N5O3.C25H33N5O2S/c1-39-26-12-11-22-8-6-14-31-29(22)30(26)35-16-7-15-34(18-19-35)25(20-27(37)32-21-28(38)40-2)24-13-17-36(33-24)23-9-4-3-5-10-23;1-21(2)24-18-23-6-4-12-29-28(23)27(19-24)32-14-5-13-31(16-17-32)20-25-11-15-33(30-25)26-9-7-22(3)8-10-26;32-25(33)19-34-23-16-20-6-4-10-27-26(20)24(17-23)30-12-5-11-29(14-15-30)18-21-9-13-31(28-21)22-7-2-1-3-8-22;1-25(2,3)24-28-18(16-33-24)19(15-21(26)31)29-11-6-12-30(14-13-29)23-20(32-4)9-8-17-7-5-10-27-22(17)23/h3-6,8-14,17,25H,7,15-16,18-21H2,1-2H3,(H,32,37);4,6-12,15,18-19,21H,5,13-14,16-17,20H2,1-3H3;1-4,6-10,13,16-17H,5,11-12,14-15,18-19H2,(H,32,33);5,7-10,16,19H,6,11-15H2,1-4H3,(H2,26,31). The number of aromatic nitrogens is 11. The lowest BCUT2D eigenvalue weighted by molar-refractivity contribution is -0.141. The number of ether oxygens (including phenoxy) is 4. The summed E-state index contributed by atoms with van der Waals surface area (Å²) in [5, 5.41) is 33.6. The molecule has 30 nitrogen and oxygen atoms in total. The van der Waals surface area contributed by atoms with E-state index in [9.17, 15) is 19.2 Å². The van der Waals surface area contributed by atoms with Gasteiger partial charge >= 0.3 is 11.9 Å². The largest absolute Gasteiger partial charge is 0.494 e. The average Bonchev–Trinajstić information content (AvgIpc) is 1.48. The number of carbonyl (C=O) groups excluding carboxylic acids is 3. The average molecular weight is 1910 g/mol. The second-order valence-electron chi connectivity index (χ2n) is 37.1. The summed E-state index contributed by atoms with van der Waals surface area (Å²) >= 11 is 1.66. The molecule has 19 rings (SSSR count). The monoisotopic (exact) mass is 1910 g/mol. The molecule has 0 radical (unpaired) electrons. The molecule has 2 atom stereocenters. The van der Waals surface area contributed by atoms with E-state index >= 15 is 0 Å². The molecule has 31 heteroatoms. The lowest BCUT2D eigenvalue weighted by atomic mass is 9.98. The Morgan fingerprint density at radius 2 is 0.943 bits per heavy atom. The molecule has 4 aliphatic heterocycles. The highest BCUT2D eigenvalue weighted by atomic mass is 32.1. The van der Waals surface area contributed by atoms with Crippen LogP contribution in [0.1, 0.15) is 130 Å². The molecule has 2 unspecified atom stereocenters. The van der Waals surface area contributed by atoms with Gasteiger partial charge in [0.15, 0.2) is 6.61 Å². The highest BCUT2D eigenvalue weighted by Gasteiger charge is 2.34. The number of nitrogens with one attached hydrogen (secondary N) is 1. The Kier molecular flexibility index (Phi) is 33.1. The lowest BCUT2D eigenvalue weighted by Crippen LogP contribution is -2.38. The van der Waals surface area contributed by atoms with Crippen LogP contribution in [0, 0.1) is 6.92 Å². The van der Waals surface area contributed by atoms with Crippen LogP contribution in [0.3, 0.4) is 0 Å². The summed E-state index contributed by atoms with van der Waals surface area (Å²) < 4.78 is 27.4. The number of nitrogens with two attached hydrogens (primary N) is 1. The van der Waals surface area contributed by atoms with E-state index in [0.717, 1.165) is 249 Å². The van der Waals surface area contributed by atoms with Gasteiger partial charge in [-0.25, -0.2) is 23.8 Å². The van der Waals surface area contributed by atoms with Gasteiger partial charge in [-0.3, -0.25) is 53.9 Å². The van der Waals surface area contributed by atoms with E-state index in [1.807, 2.05) is 172 Å². The fourth-order valence-corrected chi connectivity index (χ4v) is 19.7. The number of pyridine rings is 4. The number of carboxylic acids is 1. The van der Waals surface area contributed by atoms with Gasteiger partial charge in [-0.05, 0) is 165 Å². The zero-order valence-electron chi connectivity index (χ0n) is 81.5. The smallest absolute Gasteiger partial charge is 0.341 e. The Bertz CT molecular complexity index is 6670. The quantitative estimate of drug-likeness (QED) is 0.0403. The highest BCUT2D eigenvalue weighted by molar-refractivity contribution is 7.09. The van der Waals surface area contributed by atoms with E-state index < -0.39 is 11.9 Å². The number of carboxylic acid groups (broad SMARTS) is 1. The fraction of sp³-hybridized carbons (Fsp3) is 0.358. The predicted molar refractivity (Wildman–Crippen MR) is 553 cm³/mol. The van der Waals surface area contributed by atoms with E-state index in [-0.39, 0.29) is 55.3 Å². The Balaban J connectivity index is 0.000000135. The lowest BCUT2D eigenvalue weighted by Gasteiger charge is -2.30. The molecule has 4 N–H and O–H groups in total. The molecule has 2 amide bonds. The van der Waals surface area contributed by atoms with E-state index in [0.29, 0.717) is 18.2 Å². The molecule has 7 aromatic carbocycles. The SMILES string of the molecule is COC(=O)CNC(=O)CC(c1ccn(-c2ccccc2)n1)N1CCCN(c2c(OC)ccc3cccnc23)CC1.COc1ccc2cccnc2c1N1CCCN(C(CC(N)=O)c2csc(C(C)(C)C)n2)CC1.Cc1ccc(-n2ccc(CN3CCCN(c4cc(C(C)C)cc5cccnc45)CC3)n2)cc1.O=C(O)COc1cc(N2CCCN(Cc3ccn(-c4ccccc4)n3)CC2)c2ncccc2c1. The number of carbonyl (C=O) groups is 4. The van der Waals surface area contributed by atoms with Gasteiger partial charge in [0.05, 0.1) is 112 Å². The molecule has 0 bridgehead atoms. The number of methoxy groups -OCH3 is 3. The van der Waals surface area contributed by atoms with Crippen LogP contribution in [0.2, 0.25) is 0 Å². The number of aryl methyl sites for hydroxylation is 1. The molecule has 8 aromatic heterocycles. The number of rotatable bonds is 27. The molecule has 140 heavy (non-hydrogen) atoms. The van der Waals surface area contributed by atoms with Crippen LogP contribution < -0.4 is 44.9 Å². The minimum absolute atomic E-state index is 0.0201. The number of amides is 2. The number of benzene rings is 7. The number of para-hydroxylation sites is 2. The maximum Gasteiger partial charge on any atom is 0.341 e. The minimum atomic E-state index is -0.993. The summed E-state index contributed by atoms with van der Waals surface area (Å²) in [5.74, 6) is 0.662. The minimum Gasteiger partial charge on any atom is -0.494 e. The summed E-state index contributed by atoms with van der Waals surface area (Å²) in [4.78, 5) is 90.3. The van der Waals surface area contributed by atoms with Crippen molar-refractivity contribution in [1.29, 1.82) is 0 Å². The van der Waals surface area contributed by atoms with Crippen molar-refractivity contribution in [3.05, 3.63) is 288 Å². The first-order chi connectivity index (χ1) is 68.1. The van der Waals surface area contributed by atoms with Crippen LogP contribution in [0.5, 0.6) is 17.2 Å². The second-order valence-corrected chi connectivity index (χ2v) is 38.0. The Hall–Kier alpha value is -14.2. The van der Waals surface area contributed by atoms with Gasteiger partial charge in [0.1, 0.15) is 35.2 Å². The molecule has 0 saturated carbocycles. The maximum atomic E-state index is 13.0. The van der Waals surface area contributed by atoms with Crippen LogP contribution in [-0.4, -0.2) is 242 Å². The van der Waals surface area contributed by atoms with Crippen molar-refractivity contribution < 1.29 is 43.2 Å². The first-order valence-corrected chi connectivity index (χ1v) is 49.2. The number of fused-ring (bicyclic) bond motifs is 4. The third-order valence-electron chi connectivity index (χ3n) is 26.0. The molecule has 0 aliphatic carbocycles. The molecule has 15 aromatic rings. The van der Waals surface area contributed by atoms with E-state index in [1.54, 1.807) is 38.0 Å². The number of primary amides is 1. The van der Waals surface area contributed by atoms with Gasteiger partial charge in [0.25, 0.3) is 0 Å². The molecule has 4 saturated heterocycles. The third-order valence-corrected chi connectivity index (χ3v) is 27.3.